The van der Waals surface area contributed by atoms with Crippen molar-refractivity contribution in [1.82, 2.24) is 20.4 Å². The van der Waals surface area contributed by atoms with E-state index >= 15 is 0 Å². The Bertz CT molecular complexity index is 539. The van der Waals surface area contributed by atoms with Gasteiger partial charge in [0.05, 0.1) is 0 Å². The molecule has 0 atom stereocenters. The summed E-state index contributed by atoms with van der Waals surface area (Å²) in [6, 6.07) is 3.54. The summed E-state index contributed by atoms with van der Waals surface area (Å²) in [5, 5.41) is 14.2. The average Bonchev–Trinajstić information content (AvgIpc) is 2.60. The first-order valence-corrected chi connectivity index (χ1v) is 8.83. The fourth-order valence-corrected chi connectivity index (χ4v) is 2.72. The third kappa shape index (κ3) is 6.66. The van der Waals surface area contributed by atoms with Crippen molar-refractivity contribution in [3.63, 3.8) is 0 Å². The average molecular weight is 331 g/mol. The lowest BCUT2D eigenvalue weighted by Crippen LogP contribution is -2.28. The number of carbonyl (C=O) groups is 1. The van der Waals surface area contributed by atoms with Gasteiger partial charge in [0, 0.05) is 13.1 Å². The normalized spacial score (nSPS) is 14.4. The van der Waals surface area contributed by atoms with E-state index in [9.17, 15) is 4.79 Å². The first-order chi connectivity index (χ1) is 11.6. The van der Waals surface area contributed by atoms with Gasteiger partial charge < -0.3 is 15.5 Å². The summed E-state index contributed by atoms with van der Waals surface area (Å²) >= 11 is 0. The summed E-state index contributed by atoms with van der Waals surface area (Å²) in [7, 11) is 4.04. The molecular weight excluding hydrogens is 302 g/mol. The summed E-state index contributed by atoms with van der Waals surface area (Å²) in [6.45, 7) is 2.45. The van der Waals surface area contributed by atoms with Gasteiger partial charge in [0.2, 0.25) is 0 Å². The molecule has 0 saturated heterocycles. The van der Waals surface area contributed by atoms with Gasteiger partial charge in [0.1, 0.15) is 5.82 Å². The number of aromatic nitrogens is 2. The highest BCUT2D eigenvalue weighted by Crippen LogP contribution is 2.19. The molecular formula is C18H29N5O. The quantitative estimate of drug-likeness (QED) is 0.537. The molecule has 0 fully saturated rings. The van der Waals surface area contributed by atoms with Crippen LogP contribution < -0.4 is 10.6 Å². The molecule has 132 valence electrons. The molecule has 6 heteroatoms. The van der Waals surface area contributed by atoms with Crippen molar-refractivity contribution in [3.05, 3.63) is 29.5 Å². The van der Waals surface area contributed by atoms with Gasteiger partial charge in [-0.3, -0.25) is 4.79 Å². The van der Waals surface area contributed by atoms with Gasteiger partial charge in [-0.1, -0.05) is 11.6 Å². The Morgan fingerprint density at radius 2 is 2.08 bits per heavy atom. The van der Waals surface area contributed by atoms with Crippen LogP contribution in [-0.2, 0) is 0 Å². The van der Waals surface area contributed by atoms with Crippen LogP contribution in [0.3, 0.4) is 0 Å². The SMILES string of the molecule is CN(C)CCCNC(=O)c1ccc(NCCC2=CCCCC2)nn1. The van der Waals surface area contributed by atoms with E-state index in [0.717, 1.165) is 31.7 Å². The maximum absolute atomic E-state index is 12.0. The molecule has 0 radical (unpaired) electrons. The number of rotatable bonds is 9. The molecule has 2 rings (SSSR count). The molecule has 0 bridgehead atoms. The van der Waals surface area contributed by atoms with Crippen LogP contribution >= 0.6 is 0 Å². The number of hydrogen-bond donors (Lipinski definition) is 2. The van der Waals surface area contributed by atoms with Crippen LogP contribution in [-0.4, -0.2) is 54.7 Å². The van der Waals surface area contributed by atoms with Gasteiger partial charge in [0.25, 0.3) is 5.91 Å². The number of carbonyl (C=O) groups excluding carboxylic acids is 1. The minimum Gasteiger partial charge on any atom is -0.368 e. The second kappa shape index (κ2) is 10.0. The Balaban J connectivity index is 1.69. The molecule has 0 aliphatic heterocycles. The number of nitrogens with one attached hydrogen (secondary N) is 2. The summed E-state index contributed by atoms with van der Waals surface area (Å²) < 4.78 is 0. The predicted octanol–water partition coefficient (Wildman–Crippen LogP) is 2.46. The number of anilines is 1. The monoisotopic (exact) mass is 331 g/mol. The third-order valence-electron chi connectivity index (χ3n) is 4.10. The van der Waals surface area contributed by atoms with Gasteiger partial charge >= 0.3 is 0 Å². The van der Waals surface area contributed by atoms with Crippen LogP contribution in [0, 0.1) is 0 Å². The Morgan fingerprint density at radius 1 is 1.21 bits per heavy atom. The third-order valence-corrected chi connectivity index (χ3v) is 4.10. The molecule has 0 unspecified atom stereocenters. The lowest BCUT2D eigenvalue weighted by atomic mass is 9.97. The van der Waals surface area contributed by atoms with Gasteiger partial charge in [-0.25, -0.2) is 0 Å². The summed E-state index contributed by atoms with van der Waals surface area (Å²) in [6.07, 6.45) is 9.40. The van der Waals surface area contributed by atoms with Crippen molar-refractivity contribution in [2.24, 2.45) is 0 Å². The van der Waals surface area contributed by atoms with Crippen LogP contribution in [0.2, 0.25) is 0 Å². The van der Waals surface area contributed by atoms with E-state index in [1.165, 1.54) is 31.3 Å². The van der Waals surface area contributed by atoms with E-state index in [4.69, 9.17) is 0 Å². The molecule has 2 N–H and O–H groups in total. The Morgan fingerprint density at radius 3 is 2.75 bits per heavy atom. The van der Waals surface area contributed by atoms with Crippen LogP contribution in [0.4, 0.5) is 5.82 Å². The number of hydrogen-bond acceptors (Lipinski definition) is 5. The summed E-state index contributed by atoms with van der Waals surface area (Å²) in [5.74, 6) is 0.552. The first-order valence-electron chi connectivity index (χ1n) is 8.83. The highest BCUT2D eigenvalue weighted by atomic mass is 16.1. The second-order valence-electron chi connectivity index (χ2n) is 6.50. The van der Waals surface area contributed by atoms with Crippen LogP contribution in [0.1, 0.15) is 49.0 Å². The molecule has 24 heavy (non-hydrogen) atoms. The molecule has 0 aromatic carbocycles. The van der Waals surface area contributed by atoms with E-state index in [2.05, 4.69) is 31.8 Å². The summed E-state index contributed by atoms with van der Waals surface area (Å²) in [5.41, 5.74) is 1.90. The number of nitrogens with zero attached hydrogens (tertiary/aromatic N) is 3. The van der Waals surface area contributed by atoms with Crippen LogP contribution in [0.5, 0.6) is 0 Å². The molecule has 6 nitrogen and oxygen atoms in total. The Kier molecular flexibility index (Phi) is 7.68. The zero-order valence-corrected chi connectivity index (χ0v) is 14.8. The fraction of sp³-hybridized carbons (Fsp3) is 0.611. The van der Waals surface area contributed by atoms with Crippen molar-refractivity contribution < 1.29 is 4.79 Å². The van der Waals surface area contributed by atoms with Crippen molar-refractivity contribution in [1.29, 1.82) is 0 Å². The molecule has 1 aromatic rings. The van der Waals surface area contributed by atoms with Crippen molar-refractivity contribution >= 4 is 11.7 Å². The first kappa shape index (κ1) is 18.4. The predicted molar refractivity (Wildman–Crippen MR) is 97.2 cm³/mol. The number of amides is 1. The highest BCUT2D eigenvalue weighted by Gasteiger charge is 2.08. The van der Waals surface area contributed by atoms with Gasteiger partial charge in [-0.05, 0) is 71.3 Å². The summed E-state index contributed by atoms with van der Waals surface area (Å²) in [4.78, 5) is 14.1. The van der Waals surface area contributed by atoms with Crippen LogP contribution in [0.25, 0.3) is 0 Å². The smallest absolute Gasteiger partial charge is 0.271 e. The second-order valence-corrected chi connectivity index (χ2v) is 6.50. The minimum absolute atomic E-state index is 0.167. The maximum Gasteiger partial charge on any atom is 0.271 e. The molecule has 1 aliphatic carbocycles. The highest BCUT2D eigenvalue weighted by molar-refractivity contribution is 5.92. The van der Waals surface area contributed by atoms with Crippen molar-refractivity contribution in [3.8, 4) is 0 Å². The van der Waals surface area contributed by atoms with Crippen molar-refractivity contribution in [2.45, 2.75) is 38.5 Å². The van der Waals surface area contributed by atoms with Gasteiger partial charge in [-0.15, -0.1) is 10.2 Å². The van der Waals surface area contributed by atoms with Gasteiger partial charge in [-0.2, -0.15) is 0 Å². The molecule has 1 aromatic heterocycles. The standard InChI is InChI=1S/C18H29N5O/c1-23(2)14-6-12-20-18(24)16-9-10-17(22-21-16)19-13-11-15-7-4-3-5-8-15/h7,9-10H,3-6,8,11-14H2,1-2H3,(H,19,22)(H,20,24). The fourth-order valence-electron chi connectivity index (χ4n) is 2.72. The topological polar surface area (TPSA) is 70.2 Å². The zero-order chi connectivity index (χ0) is 17.2. The van der Waals surface area contributed by atoms with E-state index in [1.54, 1.807) is 6.07 Å². The lowest BCUT2D eigenvalue weighted by Gasteiger charge is -2.13. The molecule has 0 spiro atoms. The largest absolute Gasteiger partial charge is 0.368 e. The van der Waals surface area contributed by atoms with Crippen LogP contribution in [0.15, 0.2) is 23.8 Å². The lowest BCUT2D eigenvalue weighted by molar-refractivity contribution is 0.0946. The molecule has 1 heterocycles. The Labute approximate surface area is 144 Å². The van der Waals surface area contributed by atoms with Gasteiger partial charge in [0.15, 0.2) is 5.69 Å². The van der Waals surface area contributed by atoms with E-state index in [1.807, 2.05) is 20.2 Å². The van der Waals surface area contributed by atoms with E-state index in [-0.39, 0.29) is 5.91 Å². The molecule has 1 amide bonds. The molecule has 0 saturated carbocycles. The van der Waals surface area contributed by atoms with E-state index < -0.39 is 0 Å². The number of allylic oxidation sites excluding steroid dienone is 1. The minimum atomic E-state index is -0.167. The zero-order valence-electron chi connectivity index (χ0n) is 14.8. The Hall–Kier alpha value is -1.95. The van der Waals surface area contributed by atoms with Crippen molar-refractivity contribution in [2.75, 3.05) is 39.0 Å². The molecule has 1 aliphatic rings. The van der Waals surface area contributed by atoms with E-state index in [0.29, 0.717) is 12.2 Å². The maximum atomic E-state index is 12.0.